The maximum absolute atomic E-state index is 2.42. The molecule has 0 aromatic carbocycles. The van der Waals surface area contributed by atoms with Crippen LogP contribution in [0.2, 0.25) is 0 Å². The normalized spacial score (nSPS) is 12.5. The lowest BCUT2D eigenvalue weighted by molar-refractivity contribution is 0.140. The minimum absolute atomic E-state index is 0.641. The Morgan fingerprint density at radius 2 is 0.955 bits per heavy atom. The summed E-state index contributed by atoms with van der Waals surface area (Å²) in [7, 11) is 0. The van der Waals surface area contributed by atoms with Crippen molar-refractivity contribution in [2.24, 2.45) is 17.3 Å². The van der Waals surface area contributed by atoms with Crippen molar-refractivity contribution >= 4 is 0 Å². The average Bonchev–Trinajstić information content (AvgIpc) is 2.43. The SMILES string of the molecule is CCCCCCCCCC(CCCC)(CC(C)C)CC(C)C. The fraction of sp³-hybridized carbons (Fsp3) is 1.00. The van der Waals surface area contributed by atoms with Crippen molar-refractivity contribution in [2.45, 2.75) is 125 Å². The van der Waals surface area contributed by atoms with Crippen LogP contribution >= 0.6 is 0 Å². The van der Waals surface area contributed by atoms with Crippen LogP contribution in [0.15, 0.2) is 0 Å². The third kappa shape index (κ3) is 11.6. The summed E-state index contributed by atoms with van der Waals surface area (Å²) in [5, 5.41) is 0. The second-order valence-electron chi connectivity index (χ2n) is 8.67. The third-order valence-corrected chi connectivity index (χ3v) is 5.05. The molecule has 0 spiro atoms. The molecule has 0 bridgehead atoms. The molecule has 0 aliphatic carbocycles. The molecule has 0 heteroatoms. The van der Waals surface area contributed by atoms with E-state index in [9.17, 15) is 0 Å². The zero-order chi connectivity index (χ0) is 16.8. The van der Waals surface area contributed by atoms with E-state index in [2.05, 4.69) is 41.5 Å². The van der Waals surface area contributed by atoms with E-state index >= 15 is 0 Å². The second kappa shape index (κ2) is 13.4. The molecule has 0 aliphatic rings. The highest BCUT2D eigenvalue weighted by Crippen LogP contribution is 2.43. The van der Waals surface area contributed by atoms with Gasteiger partial charge in [-0.2, -0.15) is 0 Å². The van der Waals surface area contributed by atoms with Gasteiger partial charge in [-0.3, -0.25) is 0 Å². The van der Waals surface area contributed by atoms with Gasteiger partial charge in [0.05, 0.1) is 0 Å². The highest BCUT2D eigenvalue weighted by molar-refractivity contribution is 4.82. The van der Waals surface area contributed by atoms with E-state index in [0.717, 1.165) is 11.8 Å². The molecule has 0 unspecified atom stereocenters. The zero-order valence-corrected chi connectivity index (χ0v) is 16.8. The Bertz CT molecular complexity index is 216. The predicted octanol–water partition coefficient (Wildman–Crippen LogP) is 8.40. The molecule has 0 aromatic rings. The van der Waals surface area contributed by atoms with Crippen LogP contribution in [0, 0.1) is 17.3 Å². The van der Waals surface area contributed by atoms with Gasteiger partial charge in [0.2, 0.25) is 0 Å². The molecule has 0 aliphatic heterocycles. The molecule has 0 fully saturated rings. The topological polar surface area (TPSA) is 0 Å². The molecule has 0 saturated heterocycles. The Morgan fingerprint density at radius 3 is 1.41 bits per heavy atom. The van der Waals surface area contributed by atoms with Crippen molar-refractivity contribution in [3.63, 3.8) is 0 Å². The Labute approximate surface area is 142 Å². The van der Waals surface area contributed by atoms with Crippen molar-refractivity contribution < 1.29 is 0 Å². The number of rotatable bonds is 15. The van der Waals surface area contributed by atoms with Gasteiger partial charge in [-0.25, -0.2) is 0 Å². The first kappa shape index (κ1) is 22.0. The first-order chi connectivity index (χ1) is 10.5. The fourth-order valence-electron chi connectivity index (χ4n) is 4.36. The first-order valence-electron chi connectivity index (χ1n) is 10.5. The van der Waals surface area contributed by atoms with Crippen molar-refractivity contribution in [3.8, 4) is 0 Å². The predicted molar refractivity (Wildman–Crippen MR) is 103 cm³/mol. The van der Waals surface area contributed by atoms with Crippen LogP contribution in [0.4, 0.5) is 0 Å². The lowest BCUT2D eigenvalue weighted by atomic mass is 9.68. The van der Waals surface area contributed by atoms with Gasteiger partial charge in [0, 0.05) is 0 Å². The Balaban J connectivity index is 4.34. The minimum Gasteiger partial charge on any atom is -0.0654 e. The number of hydrogen-bond donors (Lipinski definition) is 0. The lowest BCUT2D eigenvalue weighted by Crippen LogP contribution is -2.25. The van der Waals surface area contributed by atoms with Gasteiger partial charge in [-0.15, -0.1) is 0 Å². The van der Waals surface area contributed by atoms with Crippen LogP contribution in [0.25, 0.3) is 0 Å². The quantitative estimate of drug-likeness (QED) is 0.266. The standard InChI is InChI=1S/C22H46/c1-7-9-11-12-13-14-15-17-22(16-10-8-2,18-20(3)4)19-21(5)6/h20-21H,7-19H2,1-6H3. The first-order valence-corrected chi connectivity index (χ1v) is 10.5. The lowest BCUT2D eigenvalue weighted by Gasteiger charge is -2.37. The molecule has 0 nitrogen and oxygen atoms in total. The van der Waals surface area contributed by atoms with Gasteiger partial charge in [0.1, 0.15) is 0 Å². The average molecular weight is 311 g/mol. The van der Waals surface area contributed by atoms with Gasteiger partial charge in [0.25, 0.3) is 0 Å². The maximum atomic E-state index is 2.42. The molecule has 134 valence electrons. The summed E-state index contributed by atoms with van der Waals surface area (Å²) in [6.07, 6.45) is 18.7. The molecule has 22 heavy (non-hydrogen) atoms. The van der Waals surface area contributed by atoms with E-state index in [1.807, 2.05) is 0 Å². The van der Waals surface area contributed by atoms with E-state index in [4.69, 9.17) is 0 Å². The second-order valence-corrected chi connectivity index (χ2v) is 8.67. The van der Waals surface area contributed by atoms with Crippen molar-refractivity contribution in [3.05, 3.63) is 0 Å². The van der Waals surface area contributed by atoms with E-state index in [1.165, 1.54) is 83.5 Å². The maximum Gasteiger partial charge on any atom is -0.0293 e. The van der Waals surface area contributed by atoms with Crippen LogP contribution in [-0.2, 0) is 0 Å². The van der Waals surface area contributed by atoms with Crippen molar-refractivity contribution in [1.29, 1.82) is 0 Å². The minimum atomic E-state index is 0.641. The smallest absolute Gasteiger partial charge is 0.0293 e. The van der Waals surface area contributed by atoms with Gasteiger partial charge in [-0.05, 0) is 42.9 Å². The van der Waals surface area contributed by atoms with Crippen LogP contribution in [0.1, 0.15) is 125 Å². The van der Waals surface area contributed by atoms with Gasteiger partial charge in [0.15, 0.2) is 0 Å². The van der Waals surface area contributed by atoms with Crippen LogP contribution in [0.5, 0.6) is 0 Å². The van der Waals surface area contributed by atoms with E-state index in [1.54, 1.807) is 0 Å². The molecule has 0 saturated carbocycles. The third-order valence-electron chi connectivity index (χ3n) is 5.05. The summed E-state index contributed by atoms with van der Waals surface area (Å²) in [4.78, 5) is 0. The summed E-state index contributed by atoms with van der Waals surface area (Å²) in [6, 6.07) is 0. The molecule has 0 rings (SSSR count). The molecule has 0 radical (unpaired) electrons. The summed E-state index contributed by atoms with van der Waals surface area (Å²) in [5.41, 5.74) is 0.641. The van der Waals surface area contributed by atoms with E-state index in [0.29, 0.717) is 5.41 Å². The summed E-state index contributed by atoms with van der Waals surface area (Å²) in [6.45, 7) is 14.3. The summed E-state index contributed by atoms with van der Waals surface area (Å²) in [5.74, 6) is 1.69. The monoisotopic (exact) mass is 310 g/mol. The Hall–Kier alpha value is 0. The van der Waals surface area contributed by atoms with Crippen LogP contribution in [-0.4, -0.2) is 0 Å². The molecule has 0 atom stereocenters. The zero-order valence-electron chi connectivity index (χ0n) is 16.8. The molecular weight excluding hydrogens is 264 g/mol. The summed E-state index contributed by atoms with van der Waals surface area (Å²) < 4.78 is 0. The van der Waals surface area contributed by atoms with Gasteiger partial charge in [-0.1, -0.05) is 99.3 Å². The highest BCUT2D eigenvalue weighted by Gasteiger charge is 2.30. The molecule has 0 N–H and O–H groups in total. The molecule has 0 heterocycles. The van der Waals surface area contributed by atoms with Crippen LogP contribution < -0.4 is 0 Å². The van der Waals surface area contributed by atoms with Crippen LogP contribution in [0.3, 0.4) is 0 Å². The van der Waals surface area contributed by atoms with Gasteiger partial charge >= 0.3 is 0 Å². The Morgan fingerprint density at radius 1 is 0.545 bits per heavy atom. The largest absolute Gasteiger partial charge is 0.0654 e. The van der Waals surface area contributed by atoms with Crippen molar-refractivity contribution in [2.75, 3.05) is 0 Å². The Kier molecular flexibility index (Phi) is 13.4. The van der Waals surface area contributed by atoms with Crippen molar-refractivity contribution in [1.82, 2.24) is 0 Å². The molecule has 0 amide bonds. The summed E-state index contributed by atoms with van der Waals surface area (Å²) >= 11 is 0. The molecular formula is C22H46. The number of unbranched alkanes of at least 4 members (excludes halogenated alkanes) is 7. The highest BCUT2D eigenvalue weighted by atomic mass is 14.4. The fourth-order valence-corrected chi connectivity index (χ4v) is 4.36. The van der Waals surface area contributed by atoms with E-state index < -0.39 is 0 Å². The van der Waals surface area contributed by atoms with E-state index in [-0.39, 0.29) is 0 Å². The molecule has 0 aromatic heterocycles. The number of hydrogen-bond acceptors (Lipinski definition) is 0. The van der Waals surface area contributed by atoms with Gasteiger partial charge < -0.3 is 0 Å².